The number of hydrogen-bond acceptors (Lipinski definition) is 6. The zero-order valence-corrected chi connectivity index (χ0v) is 18.1. The van der Waals surface area contributed by atoms with E-state index < -0.39 is 32.7 Å². The van der Waals surface area contributed by atoms with E-state index in [1.165, 1.54) is 24.3 Å². The zero-order valence-electron chi connectivity index (χ0n) is 17.3. The van der Waals surface area contributed by atoms with Crippen molar-refractivity contribution < 1.29 is 13.2 Å². The zero-order chi connectivity index (χ0) is 22.8. The highest BCUT2D eigenvalue weighted by Gasteiger charge is 2.20. The number of sulfone groups is 1. The highest BCUT2D eigenvalue weighted by Crippen LogP contribution is 2.12. The third-order valence-electron chi connectivity index (χ3n) is 4.58. The van der Waals surface area contributed by atoms with Gasteiger partial charge in [0.25, 0.3) is 11.5 Å². The number of aryl methyl sites for hydroxylation is 1. The topological polar surface area (TPSA) is 120 Å². The first kappa shape index (κ1) is 22.2. The molecule has 0 bridgehead atoms. The largest absolute Gasteiger partial charge is 0.352 e. The average Bonchev–Trinajstić information content (AvgIpc) is 2.72. The summed E-state index contributed by atoms with van der Waals surface area (Å²) in [6.07, 6.45) is 1.07. The summed E-state index contributed by atoms with van der Waals surface area (Å²) < 4.78 is 25.3. The first-order valence-corrected chi connectivity index (χ1v) is 11.4. The predicted molar refractivity (Wildman–Crippen MR) is 115 cm³/mol. The third kappa shape index (κ3) is 4.80. The first-order chi connectivity index (χ1) is 14.6. The van der Waals surface area contributed by atoms with Gasteiger partial charge in [0.15, 0.2) is 9.84 Å². The van der Waals surface area contributed by atoms with Crippen molar-refractivity contribution in [1.82, 2.24) is 19.7 Å². The normalized spacial score (nSPS) is 11.3. The molecule has 3 aromatic rings. The van der Waals surface area contributed by atoms with E-state index in [-0.39, 0.29) is 23.7 Å². The lowest BCUT2D eigenvalue weighted by Crippen LogP contribution is -2.46. The Hall–Kier alpha value is -3.53. The van der Waals surface area contributed by atoms with Gasteiger partial charge in [-0.25, -0.2) is 13.2 Å². The lowest BCUT2D eigenvalue weighted by Gasteiger charge is -2.12. The van der Waals surface area contributed by atoms with E-state index in [2.05, 4.69) is 10.4 Å². The fourth-order valence-corrected chi connectivity index (χ4v) is 3.55. The van der Waals surface area contributed by atoms with E-state index in [4.69, 9.17) is 0 Å². The van der Waals surface area contributed by atoms with Crippen LogP contribution in [-0.4, -0.2) is 41.5 Å². The highest BCUT2D eigenvalue weighted by atomic mass is 32.2. The number of benzene rings is 2. The molecule has 0 aliphatic carbocycles. The molecule has 0 unspecified atom stereocenters. The SMILES string of the molecule is CCNC(=O)c1nn(-c2ccc(S(C)(=O)=O)cc2)c(=O)n(Cc2ccc(C)cc2)c1=O. The maximum Gasteiger partial charge on any atom is 0.352 e. The second kappa shape index (κ2) is 8.68. The van der Waals surface area contributed by atoms with Crippen molar-refractivity contribution in [1.29, 1.82) is 0 Å². The Balaban J connectivity index is 2.19. The molecule has 1 heterocycles. The molecule has 0 radical (unpaired) electrons. The minimum absolute atomic E-state index is 0.0473. The van der Waals surface area contributed by atoms with Crippen molar-refractivity contribution in [3.63, 3.8) is 0 Å². The Morgan fingerprint density at radius 3 is 2.19 bits per heavy atom. The van der Waals surface area contributed by atoms with Crippen LogP contribution in [0.1, 0.15) is 28.5 Å². The van der Waals surface area contributed by atoms with Crippen LogP contribution in [0.5, 0.6) is 0 Å². The summed E-state index contributed by atoms with van der Waals surface area (Å²) in [4.78, 5) is 38.5. The van der Waals surface area contributed by atoms with Gasteiger partial charge in [-0.05, 0) is 43.7 Å². The van der Waals surface area contributed by atoms with Gasteiger partial charge < -0.3 is 5.32 Å². The van der Waals surface area contributed by atoms with Gasteiger partial charge in [0.05, 0.1) is 17.1 Å². The summed E-state index contributed by atoms with van der Waals surface area (Å²) in [6.45, 7) is 3.85. The van der Waals surface area contributed by atoms with Crippen LogP contribution in [0.25, 0.3) is 5.69 Å². The molecule has 162 valence electrons. The summed E-state index contributed by atoms with van der Waals surface area (Å²) in [7, 11) is -3.43. The molecule has 0 saturated heterocycles. The Morgan fingerprint density at radius 1 is 1.03 bits per heavy atom. The molecule has 1 amide bonds. The second-order valence-corrected chi connectivity index (χ2v) is 9.06. The number of carbonyl (C=O) groups is 1. The monoisotopic (exact) mass is 442 g/mol. The standard InChI is InChI=1S/C21H22N4O5S/c1-4-22-19(26)18-20(27)24(13-15-7-5-14(2)6-8-15)21(28)25(23-18)16-9-11-17(12-10-16)31(3,29)30/h5-12H,4,13H2,1-3H3,(H,22,26). The van der Waals surface area contributed by atoms with E-state index in [0.29, 0.717) is 5.56 Å². The van der Waals surface area contributed by atoms with Crippen molar-refractivity contribution in [2.75, 3.05) is 12.8 Å². The van der Waals surface area contributed by atoms with Crippen LogP contribution in [0.4, 0.5) is 0 Å². The molecular weight excluding hydrogens is 420 g/mol. The highest BCUT2D eigenvalue weighted by molar-refractivity contribution is 7.90. The van der Waals surface area contributed by atoms with Crippen LogP contribution in [0.15, 0.2) is 63.0 Å². The molecule has 0 saturated carbocycles. The van der Waals surface area contributed by atoms with Crippen LogP contribution in [0, 0.1) is 6.92 Å². The molecule has 0 spiro atoms. The lowest BCUT2D eigenvalue weighted by molar-refractivity contribution is 0.0946. The molecular formula is C21H22N4O5S. The van der Waals surface area contributed by atoms with Gasteiger partial charge in [0.1, 0.15) is 0 Å². The molecule has 1 aromatic heterocycles. The Labute approximate surface area is 178 Å². The molecule has 0 atom stereocenters. The molecule has 0 aliphatic heterocycles. The van der Waals surface area contributed by atoms with Crippen molar-refractivity contribution >= 4 is 15.7 Å². The summed E-state index contributed by atoms with van der Waals surface area (Å²) in [5, 5.41) is 6.50. The molecule has 9 nitrogen and oxygen atoms in total. The molecule has 10 heteroatoms. The van der Waals surface area contributed by atoms with Crippen LogP contribution in [0.2, 0.25) is 0 Å². The minimum Gasteiger partial charge on any atom is -0.351 e. The second-order valence-electron chi connectivity index (χ2n) is 7.05. The molecule has 1 N–H and O–H groups in total. The van der Waals surface area contributed by atoms with Gasteiger partial charge in [0, 0.05) is 12.8 Å². The Kier molecular flexibility index (Phi) is 6.21. The summed E-state index contributed by atoms with van der Waals surface area (Å²) >= 11 is 0. The van der Waals surface area contributed by atoms with E-state index in [9.17, 15) is 22.8 Å². The fraction of sp³-hybridized carbons (Fsp3) is 0.238. The number of amides is 1. The predicted octanol–water partition coefficient (Wildman–Crippen LogP) is 0.904. The average molecular weight is 442 g/mol. The number of aromatic nitrogens is 3. The lowest BCUT2D eigenvalue weighted by atomic mass is 10.1. The van der Waals surface area contributed by atoms with Crippen LogP contribution in [-0.2, 0) is 16.4 Å². The van der Waals surface area contributed by atoms with Gasteiger partial charge in [-0.2, -0.15) is 9.78 Å². The fourth-order valence-electron chi connectivity index (χ4n) is 2.92. The summed E-state index contributed by atoms with van der Waals surface area (Å²) in [5.74, 6) is -0.702. The number of hydrogen-bond donors (Lipinski definition) is 1. The summed E-state index contributed by atoms with van der Waals surface area (Å²) in [5.41, 5.74) is -0.0262. The third-order valence-corrected chi connectivity index (χ3v) is 5.71. The number of rotatable bonds is 6. The van der Waals surface area contributed by atoms with Gasteiger partial charge in [-0.15, -0.1) is 0 Å². The van der Waals surface area contributed by atoms with E-state index in [0.717, 1.165) is 21.1 Å². The maximum absolute atomic E-state index is 13.1. The number of carbonyl (C=O) groups excluding carboxylic acids is 1. The first-order valence-electron chi connectivity index (χ1n) is 9.50. The maximum atomic E-state index is 13.1. The molecule has 0 aliphatic rings. The van der Waals surface area contributed by atoms with E-state index in [1.54, 1.807) is 19.1 Å². The van der Waals surface area contributed by atoms with Crippen molar-refractivity contribution in [2.24, 2.45) is 0 Å². The van der Waals surface area contributed by atoms with Crippen molar-refractivity contribution in [3.8, 4) is 5.69 Å². The summed E-state index contributed by atoms with van der Waals surface area (Å²) in [6, 6.07) is 12.8. The van der Waals surface area contributed by atoms with Crippen LogP contribution < -0.4 is 16.6 Å². The smallest absolute Gasteiger partial charge is 0.351 e. The van der Waals surface area contributed by atoms with Gasteiger partial charge in [0.2, 0.25) is 5.69 Å². The minimum atomic E-state index is -3.43. The molecule has 31 heavy (non-hydrogen) atoms. The van der Waals surface area contributed by atoms with Crippen LogP contribution in [0.3, 0.4) is 0 Å². The van der Waals surface area contributed by atoms with Gasteiger partial charge in [-0.1, -0.05) is 29.8 Å². The van der Waals surface area contributed by atoms with Crippen molar-refractivity contribution in [3.05, 3.63) is 86.2 Å². The Bertz CT molecular complexity index is 1340. The van der Waals surface area contributed by atoms with E-state index in [1.807, 2.05) is 19.1 Å². The van der Waals surface area contributed by atoms with Gasteiger partial charge >= 0.3 is 5.69 Å². The molecule has 2 aromatic carbocycles. The number of nitrogens with one attached hydrogen (secondary N) is 1. The van der Waals surface area contributed by atoms with E-state index >= 15 is 0 Å². The quantitative estimate of drug-likeness (QED) is 0.606. The van der Waals surface area contributed by atoms with Crippen LogP contribution >= 0.6 is 0 Å². The molecule has 0 fully saturated rings. The Morgan fingerprint density at radius 2 is 1.65 bits per heavy atom. The van der Waals surface area contributed by atoms with Crippen molar-refractivity contribution in [2.45, 2.75) is 25.3 Å². The van der Waals surface area contributed by atoms with Gasteiger partial charge in [-0.3, -0.25) is 14.2 Å². The number of nitrogens with zero attached hydrogens (tertiary/aromatic N) is 3. The molecule has 3 rings (SSSR count).